The van der Waals surface area contributed by atoms with Crippen molar-refractivity contribution in [3.63, 3.8) is 0 Å². The van der Waals surface area contributed by atoms with Gasteiger partial charge in [0, 0.05) is 29.4 Å². The van der Waals surface area contributed by atoms with E-state index in [1.807, 2.05) is 18.2 Å². The summed E-state index contributed by atoms with van der Waals surface area (Å²) in [6.07, 6.45) is 0. The monoisotopic (exact) mass is 190 g/mol. The Kier molecular flexibility index (Phi) is 3.83. The van der Waals surface area contributed by atoms with E-state index in [9.17, 15) is 0 Å². The van der Waals surface area contributed by atoms with Crippen molar-refractivity contribution < 1.29 is 0 Å². The van der Waals surface area contributed by atoms with Crippen LogP contribution in [0.3, 0.4) is 0 Å². The number of nitrogens with zero attached hydrogens (tertiary/aromatic N) is 4. The van der Waals surface area contributed by atoms with Gasteiger partial charge in [-0.1, -0.05) is 17.2 Å². The standard InChI is InChI=1S/C10H14N4/c1-3-14(4-2)10-7-5-6-9(8-10)12-13-11/h5-8H,3-4H2,1-2H3. The smallest absolute Gasteiger partial charge is 0.0395 e. The third-order valence-corrected chi connectivity index (χ3v) is 2.12. The van der Waals surface area contributed by atoms with Crippen LogP contribution < -0.4 is 4.90 Å². The van der Waals surface area contributed by atoms with Crippen molar-refractivity contribution in [2.75, 3.05) is 18.0 Å². The molecular weight excluding hydrogens is 176 g/mol. The second-order valence-electron chi connectivity index (χ2n) is 2.88. The Morgan fingerprint density at radius 3 is 2.64 bits per heavy atom. The number of hydrogen-bond donors (Lipinski definition) is 0. The molecule has 4 nitrogen and oxygen atoms in total. The molecule has 0 radical (unpaired) electrons. The Morgan fingerprint density at radius 2 is 2.07 bits per heavy atom. The molecule has 4 heteroatoms. The minimum absolute atomic E-state index is 0.664. The van der Waals surface area contributed by atoms with Gasteiger partial charge in [0.25, 0.3) is 0 Å². The highest BCUT2D eigenvalue weighted by Gasteiger charge is 2.00. The van der Waals surface area contributed by atoms with Gasteiger partial charge in [-0.2, -0.15) is 0 Å². The summed E-state index contributed by atoms with van der Waals surface area (Å²) < 4.78 is 0. The Hall–Kier alpha value is -1.67. The van der Waals surface area contributed by atoms with Crippen molar-refractivity contribution in [1.29, 1.82) is 0 Å². The lowest BCUT2D eigenvalue weighted by Gasteiger charge is -2.20. The van der Waals surface area contributed by atoms with Crippen LogP contribution in [0.4, 0.5) is 11.4 Å². The zero-order chi connectivity index (χ0) is 10.4. The van der Waals surface area contributed by atoms with E-state index >= 15 is 0 Å². The van der Waals surface area contributed by atoms with Crippen LogP contribution in [-0.2, 0) is 0 Å². The second-order valence-corrected chi connectivity index (χ2v) is 2.88. The fourth-order valence-electron chi connectivity index (χ4n) is 1.39. The van der Waals surface area contributed by atoms with Gasteiger partial charge in [-0.15, -0.1) is 0 Å². The summed E-state index contributed by atoms with van der Waals surface area (Å²) in [7, 11) is 0. The molecule has 0 aliphatic carbocycles. The molecule has 0 N–H and O–H groups in total. The van der Waals surface area contributed by atoms with Gasteiger partial charge in [0.15, 0.2) is 0 Å². The fraction of sp³-hybridized carbons (Fsp3) is 0.400. The number of anilines is 1. The molecule has 1 rings (SSSR count). The highest BCUT2D eigenvalue weighted by molar-refractivity contribution is 5.55. The van der Waals surface area contributed by atoms with Crippen LogP contribution >= 0.6 is 0 Å². The third kappa shape index (κ3) is 2.41. The molecule has 1 aromatic carbocycles. The van der Waals surface area contributed by atoms with Crippen molar-refractivity contribution in [2.45, 2.75) is 13.8 Å². The average Bonchev–Trinajstić information content (AvgIpc) is 2.21. The normalized spacial score (nSPS) is 9.29. The predicted molar refractivity (Wildman–Crippen MR) is 58.8 cm³/mol. The zero-order valence-corrected chi connectivity index (χ0v) is 8.51. The molecule has 0 saturated heterocycles. The van der Waals surface area contributed by atoms with Crippen molar-refractivity contribution in [3.05, 3.63) is 34.7 Å². The number of hydrogen-bond acceptors (Lipinski definition) is 2. The summed E-state index contributed by atoms with van der Waals surface area (Å²) in [6.45, 7) is 6.11. The Labute approximate surface area is 83.8 Å². The molecule has 0 spiro atoms. The molecule has 0 fully saturated rings. The highest BCUT2D eigenvalue weighted by atomic mass is 15.1. The molecule has 0 aromatic heterocycles. The van der Waals surface area contributed by atoms with Gasteiger partial charge in [-0.3, -0.25) is 0 Å². The largest absolute Gasteiger partial charge is 0.372 e. The lowest BCUT2D eigenvalue weighted by Crippen LogP contribution is -2.21. The SMILES string of the molecule is CCN(CC)c1cccc(N=[N+]=[N-])c1. The van der Waals surface area contributed by atoms with E-state index in [1.165, 1.54) is 0 Å². The zero-order valence-electron chi connectivity index (χ0n) is 8.51. The molecule has 0 amide bonds. The van der Waals surface area contributed by atoms with E-state index in [0.717, 1.165) is 18.8 Å². The van der Waals surface area contributed by atoms with Crippen LogP contribution in [-0.4, -0.2) is 13.1 Å². The van der Waals surface area contributed by atoms with Crippen LogP contribution in [0, 0.1) is 0 Å². The van der Waals surface area contributed by atoms with Crippen molar-refractivity contribution in [1.82, 2.24) is 0 Å². The van der Waals surface area contributed by atoms with Crippen LogP contribution in [0.15, 0.2) is 29.4 Å². The van der Waals surface area contributed by atoms with Crippen LogP contribution in [0.2, 0.25) is 0 Å². The first-order chi connectivity index (χ1) is 6.81. The van der Waals surface area contributed by atoms with E-state index in [-0.39, 0.29) is 0 Å². The summed E-state index contributed by atoms with van der Waals surface area (Å²) in [6, 6.07) is 7.61. The molecule has 0 atom stereocenters. The maximum atomic E-state index is 8.31. The molecule has 0 aliphatic rings. The molecule has 0 bridgehead atoms. The van der Waals surface area contributed by atoms with Crippen molar-refractivity contribution >= 4 is 11.4 Å². The molecule has 0 saturated carbocycles. The second kappa shape index (κ2) is 5.14. The summed E-state index contributed by atoms with van der Waals surface area (Å²) in [5, 5.41) is 3.57. The maximum Gasteiger partial charge on any atom is 0.0395 e. The summed E-state index contributed by atoms with van der Waals surface area (Å²) >= 11 is 0. The summed E-state index contributed by atoms with van der Waals surface area (Å²) in [5.74, 6) is 0. The molecule has 1 aromatic rings. The Morgan fingerprint density at radius 1 is 1.36 bits per heavy atom. The quantitative estimate of drug-likeness (QED) is 0.407. The number of azide groups is 1. The fourth-order valence-corrected chi connectivity index (χ4v) is 1.39. The first-order valence-corrected chi connectivity index (χ1v) is 4.72. The lowest BCUT2D eigenvalue weighted by molar-refractivity contribution is 0.866. The van der Waals surface area contributed by atoms with E-state index in [4.69, 9.17) is 5.53 Å². The molecule has 14 heavy (non-hydrogen) atoms. The molecule has 0 aliphatic heterocycles. The van der Waals surface area contributed by atoms with Gasteiger partial charge in [-0.25, -0.2) is 0 Å². The molecule has 0 unspecified atom stereocenters. The van der Waals surface area contributed by atoms with Crippen LogP contribution in [0.5, 0.6) is 0 Å². The Balaban J connectivity index is 2.97. The van der Waals surface area contributed by atoms with Gasteiger partial charge in [0.2, 0.25) is 0 Å². The molecule has 74 valence electrons. The van der Waals surface area contributed by atoms with E-state index in [1.54, 1.807) is 6.07 Å². The first-order valence-electron chi connectivity index (χ1n) is 4.72. The third-order valence-electron chi connectivity index (χ3n) is 2.12. The molecule has 0 heterocycles. The van der Waals surface area contributed by atoms with Gasteiger partial charge in [0.1, 0.15) is 0 Å². The van der Waals surface area contributed by atoms with Gasteiger partial charge < -0.3 is 4.90 Å². The topological polar surface area (TPSA) is 52.0 Å². The summed E-state index contributed by atoms with van der Waals surface area (Å²) in [4.78, 5) is 4.97. The molecular formula is C10H14N4. The van der Waals surface area contributed by atoms with Gasteiger partial charge >= 0.3 is 0 Å². The number of benzene rings is 1. The first kappa shape index (κ1) is 10.4. The van der Waals surface area contributed by atoms with Gasteiger partial charge in [-0.05, 0) is 31.5 Å². The van der Waals surface area contributed by atoms with Crippen molar-refractivity contribution in [2.24, 2.45) is 5.11 Å². The van der Waals surface area contributed by atoms with E-state index in [0.29, 0.717) is 5.69 Å². The minimum Gasteiger partial charge on any atom is -0.372 e. The van der Waals surface area contributed by atoms with Gasteiger partial charge in [0.05, 0.1) is 0 Å². The van der Waals surface area contributed by atoms with Crippen LogP contribution in [0.25, 0.3) is 10.4 Å². The number of rotatable bonds is 4. The lowest BCUT2D eigenvalue weighted by atomic mass is 10.2. The van der Waals surface area contributed by atoms with Crippen molar-refractivity contribution in [3.8, 4) is 0 Å². The summed E-state index contributed by atoms with van der Waals surface area (Å²) in [5.41, 5.74) is 10.1. The average molecular weight is 190 g/mol. The predicted octanol–water partition coefficient (Wildman–Crippen LogP) is 3.47. The van der Waals surface area contributed by atoms with E-state index in [2.05, 4.69) is 28.8 Å². The van der Waals surface area contributed by atoms with Crippen LogP contribution in [0.1, 0.15) is 13.8 Å². The highest BCUT2D eigenvalue weighted by Crippen LogP contribution is 2.21. The van der Waals surface area contributed by atoms with E-state index < -0.39 is 0 Å². The Bertz CT molecular complexity index is 338. The minimum atomic E-state index is 0.664. The maximum absolute atomic E-state index is 8.31.